The van der Waals surface area contributed by atoms with Crippen molar-refractivity contribution in [2.24, 2.45) is 0 Å². The smallest absolute Gasteiger partial charge is 0.175 e. The average Bonchev–Trinajstić information content (AvgIpc) is 2.29. The maximum atomic E-state index is 10.9. The van der Waals surface area contributed by atoms with Crippen LogP contribution in [0.15, 0.2) is 10.5 Å². The number of aldehydes is 1. The highest BCUT2D eigenvalue weighted by Gasteiger charge is 2.20. The van der Waals surface area contributed by atoms with E-state index in [0.717, 1.165) is 22.7 Å². The molecule has 0 radical (unpaired) electrons. The SMILES string of the molecule is CCc1c(C=O)cc2c(c1Br)OCCO2. The fraction of sp³-hybridized carbons (Fsp3) is 0.364. The van der Waals surface area contributed by atoms with E-state index in [-0.39, 0.29) is 0 Å². The van der Waals surface area contributed by atoms with Crippen LogP contribution in [0, 0.1) is 0 Å². The maximum Gasteiger partial charge on any atom is 0.175 e. The summed E-state index contributed by atoms with van der Waals surface area (Å²) in [4.78, 5) is 10.9. The van der Waals surface area contributed by atoms with Crippen molar-refractivity contribution < 1.29 is 14.3 Å². The third kappa shape index (κ3) is 1.74. The minimum absolute atomic E-state index is 0.531. The molecule has 1 aromatic rings. The van der Waals surface area contributed by atoms with E-state index in [1.807, 2.05) is 6.92 Å². The summed E-state index contributed by atoms with van der Waals surface area (Å²) in [5.41, 5.74) is 1.63. The minimum Gasteiger partial charge on any atom is -0.486 e. The Balaban J connectivity index is 2.61. The van der Waals surface area contributed by atoms with Crippen LogP contribution in [0.4, 0.5) is 0 Å². The summed E-state index contributed by atoms with van der Waals surface area (Å²) in [5.74, 6) is 1.36. The Kier molecular flexibility index (Phi) is 2.95. The van der Waals surface area contributed by atoms with Crippen LogP contribution in [0.2, 0.25) is 0 Å². The molecule has 1 aromatic carbocycles. The van der Waals surface area contributed by atoms with Crippen molar-refractivity contribution in [2.45, 2.75) is 13.3 Å². The summed E-state index contributed by atoms with van der Waals surface area (Å²) >= 11 is 3.45. The molecule has 0 unspecified atom stereocenters. The molecule has 0 spiro atoms. The first kappa shape index (κ1) is 10.5. The van der Waals surface area contributed by atoms with Gasteiger partial charge < -0.3 is 9.47 Å². The van der Waals surface area contributed by atoms with Crippen molar-refractivity contribution in [3.05, 3.63) is 21.7 Å². The molecule has 0 fully saturated rings. The Labute approximate surface area is 96.5 Å². The van der Waals surface area contributed by atoms with Gasteiger partial charge in [-0.15, -0.1) is 0 Å². The van der Waals surface area contributed by atoms with Crippen LogP contribution in [0.1, 0.15) is 22.8 Å². The second-order valence-electron chi connectivity index (χ2n) is 3.25. The van der Waals surface area contributed by atoms with Crippen LogP contribution in [0.5, 0.6) is 11.5 Å². The van der Waals surface area contributed by atoms with E-state index in [1.54, 1.807) is 6.07 Å². The van der Waals surface area contributed by atoms with E-state index < -0.39 is 0 Å². The molecule has 1 aliphatic heterocycles. The van der Waals surface area contributed by atoms with Crippen molar-refractivity contribution in [1.82, 2.24) is 0 Å². The number of halogens is 1. The molecular formula is C11H11BrO3. The molecule has 0 N–H and O–H groups in total. The first-order valence-corrected chi connectivity index (χ1v) is 5.63. The van der Waals surface area contributed by atoms with Crippen molar-refractivity contribution in [2.75, 3.05) is 13.2 Å². The lowest BCUT2D eigenvalue weighted by Gasteiger charge is -2.21. The van der Waals surface area contributed by atoms with Crippen LogP contribution in [-0.2, 0) is 6.42 Å². The van der Waals surface area contributed by atoms with Gasteiger partial charge in [-0.2, -0.15) is 0 Å². The average molecular weight is 271 g/mol. The van der Waals surface area contributed by atoms with Gasteiger partial charge in [0.15, 0.2) is 17.8 Å². The maximum absolute atomic E-state index is 10.9. The number of ether oxygens (including phenoxy) is 2. The van der Waals surface area contributed by atoms with Crippen LogP contribution in [0.25, 0.3) is 0 Å². The highest BCUT2D eigenvalue weighted by Crippen LogP contribution is 2.41. The Morgan fingerprint density at radius 1 is 1.47 bits per heavy atom. The van der Waals surface area contributed by atoms with Crippen molar-refractivity contribution in [3.63, 3.8) is 0 Å². The summed E-state index contributed by atoms with van der Waals surface area (Å²) in [7, 11) is 0. The number of fused-ring (bicyclic) bond motifs is 1. The molecule has 2 rings (SSSR count). The zero-order valence-electron chi connectivity index (χ0n) is 8.38. The number of rotatable bonds is 2. The Morgan fingerprint density at radius 2 is 2.20 bits per heavy atom. The molecule has 15 heavy (non-hydrogen) atoms. The molecule has 0 atom stereocenters. The molecule has 3 nitrogen and oxygen atoms in total. The molecular weight excluding hydrogens is 260 g/mol. The summed E-state index contributed by atoms with van der Waals surface area (Å²) in [6, 6.07) is 1.74. The van der Waals surface area contributed by atoms with E-state index in [1.165, 1.54) is 0 Å². The molecule has 0 aliphatic carbocycles. The number of carbonyl (C=O) groups is 1. The molecule has 0 saturated heterocycles. The fourth-order valence-corrected chi connectivity index (χ4v) is 2.49. The van der Waals surface area contributed by atoms with E-state index in [4.69, 9.17) is 9.47 Å². The van der Waals surface area contributed by atoms with Crippen LogP contribution >= 0.6 is 15.9 Å². The lowest BCUT2D eigenvalue weighted by molar-refractivity contribution is 0.112. The Morgan fingerprint density at radius 3 is 2.87 bits per heavy atom. The molecule has 4 heteroatoms. The van der Waals surface area contributed by atoms with Crippen LogP contribution in [-0.4, -0.2) is 19.5 Å². The second kappa shape index (κ2) is 4.23. The molecule has 80 valence electrons. The summed E-state index contributed by atoms with van der Waals surface area (Å²) in [6.45, 7) is 3.08. The van der Waals surface area contributed by atoms with Gasteiger partial charge in [0.05, 0.1) is 4.47 Å². The predicted molar refractivity (Wildman–Crippen MR) is 59.9 cm³/mol. The topological polar surface area (TPSA) is 35.5 Å². The van der Waals surface area contributed by atoms with Crippen molar-refractivity contribution in [1.29, 1.82) is 0 Å². The van der Waals surface area contributed by atoms with Gasteiger partial charge in [0.1, 0.15) is 13.2 Å². The normalized spacial score (nSPS) is 13.7. The van der Waals surface area contributed by atoms with E-state index in [9.17, 15) is 4.79 Å². The number of hydrogen-bond acceptors (Lipinski definition) is 3. The van der Waals surface area contributed by atoms with Gasteiger partial charge in [-0.05, 0) is 34.0 Å². The van der Waals surface area contributed by atoms with Gasteiger partial charge in [0, 0.05) is 5.56 Å². The monoisotopic (exact) mass is 270 g/mol. The Hall–Kier alpha value is -1.03. The number of hydrogen-bond donors (Lipinski definition) is 0. The summed E-state index contributed by atoms with van der Waals surface area (Å²) < 4.78 is 11.8. The standard InChI is InChI=1S/C11H11BrO3/c1-2-8-7(6-13)5-9-11(10(8)12)15-4-3-14-9/h5-6H,2-4H2,1H3. The van der Waals surface area contributed by atoms with E-state index >= 15 is 0 Å². The lowest BCUT2D eigenvalue weighted by atomic mass is 10.0. The van der Waals surface area contributed by atoms with Gasteiger partial charge in [0.2, 0.25) is 0 Å². The predicted octanol–water partition coefficient (Wildman–Crippen LogP) is 2.60. The molecule has 1 aliphatic rings. The highest BCUT2D eigenvalue weighted by molar-refractivity contribution is 9.10. The van der Waals surface area contributed by atoms with Crippen LogP contribution < -0.4 is 9.47 Å². The number of carbonyl (C=O) groups excluding carboxylic acids is 1. The fourth-order valence-electron chi connectivity index (χ4n) is 1.67. The highest BCUT2D eigenvalue weighted by atomic mass is 79.9. The minimum atomic E-state index is 0.531. The molecule has 0 bridgehead atoms. The molecule has 0 aromatic heterocycles. The van der Waals surface area contributed by atoms with Gasteiger partial charge in [0.25, 0.3) is 0 Å². The second-order valence-corrected chi connectivity index (χ2v) is 4.05. The lowest BCUT2D eigenvalue weighted by Crippen LogP contribution is -2.16. The first-order valence-electron chi connectivity index (χ1n) is 4.84. The third-order valence-corrected chi connectivity index (χ3v) is 3.23. The van der Waals surface area contributed by atoms with Crippen molar-refractivity contribution >= 4 is 22.2 Å². The van der Waals surface area contributed by atoms with Gasteiger partial charge in [-0.25, -0.2) is 0 Å². The Bertz CT molecular complexity index is 401. The zero-order chi connectivity index (χ0) is 10.8. The van der Waals surface area contributed by atoms with Gasteiger partial charge >= 0.3 is 0 Å². The largest absolute Gasteiger partial charge is 0.486 e. The van der Waals surface area contributed by atoms with Gasteiger partial charge in [-0.1, -0.05) is 6.92 Å². The zero-order valence-corrected chi connectivity index (χ0v) is 9.96. The molecule has 0 saturated carbocycles. The first-order chi connectivity index (χ1) is 7.27. The molecule has 0 amide bonds. The van der Waals surface area contributed by atoms with Crippen LogP contribution in [0.3, 0.4) is 0 Å². The van der Waals surface area contributed by atoms with E-state index in [2.05, 4.69) is 15.9 Å². The van der Waals surface area contributed by atoms with E-state index in [0.29, 0.717) is 30.3 Å². The number of benzene rings is 1. The van der Waals surface area contributed by atoms with Crippen molar-refractivity contribution in [3.8, 4) is 11.5 Å². The third-order valence-electron chi connectivity index (χ3n) is 2.39. The van der Waals surface area contributed by atoms with Gasteiger partial charge in [-0.3, -0.25) is 4.79 Å². The summed E-state index contributed by atoms with van der Waals surface area (Å²) in [5, 5.41) is 0. The quantitative estimate of drug-likeness (QED) is 0.775. The molecule has 1 heterocycles. The summed E-state index contributed by atoms with van der Waals surface area (Å²) in [6.07, 6.45) is 1.63.